The summed E-state index contributed by atoms with van der Waals surface area (Å²) >= 11 is 0. The lowest BCUT2D eigenvalue weighted by Gasteiger charge is -2.31. The Kier molecular flexibility index (Phi) is 5.84. The van der Waals surface area contributed by atoms with Crippen LogP contribution in [0.1, 0.15) is 15.9 Å². The van der Waals surface area contributed by atoms with Gasteiger partial charge in [-0.15, -0.1) is 0 Å². The summed E-state index contributed by atoms with van der Waals surface area (Å²) in [4.78, 5) is 11.4. The third-order valence-corrected chi connectivity index (χ3v) is 2.96. The molecule has 0 radical (unpaired) electrons. The number of alkyl halides is 11. The highest BCUT2D eigenvalue weighted by atomic mass is 19.4. The van der Waals surface area contributed by atoms with Crippen LogP contribution in [-0.4, -0.2) is 36.8 Å². The van der Waals surface area contributed by atoms with Gasteiger partial charge in [0.25, 0.3) is 0 Å². The number of hydrogen-bond acceptors (Lipinski definition) is 2. The maximum absolute atomic E-state index is 13.2. The fourth-order valence-electron chi connectivity index (χ4n) is 1.53. The van der Waals surface area contributed by atoms with Crippen LogP contribution in [-0.2, 0) is 10.9 Å². The van der Waals surface area contributed by atoms with Crippen molar-refractivity contribution in [1.29, 1.82) is 0 Å². The first kappa shape index (κ1) is 22.0. The van der Waals surface area contributed by atoms with Crippen LogP contribution in [0.15, 0.2) is 24.3 Å². The molecular weight excluding hydrogens is 397 g/mol. The number of hydrogen-bond donors (Lipinski definition) is 0. The minimum absolute atomic E-state index is 0.131. The summed E-state index contributed by atoms with van der Waals surface area (Å²) in [7, 11) is 0. The molecule has 0 aromatic heterocycles. The van der Waals surface area contributed by atoms with E-state index in [2.05, 4.69) is 4.74 Å². The quantitative estimate of drug-likeness (QED) is 0.491. The van der Waals surface area contributed by atoms with Gasteiger partial charge in [-0.1, -0.05) is 6.07 Å². The van der Waals surface area contributed by atoms with Crippen LogP contribution < -0.4 is 0 Å². The maximum atomic E-state index is 13.2. The number of ether oxygens (including phenoxy) is 1. The fraction of sp³-hybridized carbons (Fsp3) is 0.462. The molecule has 13 heteroatoms. The summed E-state index contributed by atoms with van der Waals surface area (Å²) in [5.41, 5.74) is -2.41. The Balaban J connectivity index is 2.96. The van der Waals surface area contributed by atoms with Crippen LogP contribution in [0.5, 0.6) is 0 Å². The van der Waals surface area contributed by atoms with Crippen LogP contribution in [0.3, 0.4) is 0 Å². The zero-order valence-electron chi connectivity index (χ0n) is 12.1. The normalized spacial score (nSPS) is 13.8. The zero-order chi connectivity index (χ0) is 20.6. The molecule has 148 valence electrons. The van der Waals surface area contributed by atoms with Gasteiger partial charge in [0.1, 0.15) is 0 Å². The highest BCUT2D eigenvalue weighted by Gasteiger charge is 2.75. The van der Waals surface area contributed by atoms with E-state index in [1.807, 2.05) is 0 Å². The summed E-state index contributed by atoms with van der Waals surface area (Å²) in [5.74, 6) is -20.9. The highest BCUT2D eigenvalue weighted by Crippen LogP contribution is 2.48. The van der Waals surface area contributed by atoms with Gasteiger partial charge in [0.2, 0.25) is 0 Å². The first-order valence-corrected chi connectivity index (χ1v) is 6.30. The molecule has 1 aromatic rings. The molecule has 0 aliphatic heterocycles. The monoisotopic (exact) mass is 404 g/mol. The van der Waals surface area contributed by atoms with Crippen molar-refractivity contribution < 1.29 is 57.8 Å². The topological polar surface area (TPSA) is 26.3 Å². The van der Waals surface area contributed by atoms with Gasteiger partial charge in [0, 0.05) is 0 Å². The molecule has 0 fully saturated rings. The van der Waals surface area contributed by atoms with E-state index in [1.165, 1.54) is 0 Å². The molecule has 0 aliphatic carbocycles. The Morgan fingerprint density at radius 2 is 1.50 bits per heavy atom. The molecule has 0 atom stereocenters. The largest absolute Gasteiger partial charge is 0.455 e. The van der Waals surface area contributed by atoms with Gasteiger partial charge < -0.3 is 4.74 Å². The summed E-state index contributed by atoms with van der Waals surface area (Å²) < 4.78 is 142. The maximum Gasteiger partial charge on any atom is 0.416 e. The molecular formula is C13H7F11O2. The van der Waals surface area contributed by atoms with Crippen LogP contribution in [0.25, 0.3) is 0 Å². The van der Waals surface area contributed by atoms with Crippen LogP contribution in [0, 0.1) is 0 Å². The number of halogens is 11. The van der Waals surface area contributed by atoms with Crippen molar-refractivity contribution in [1.82, 2.24) is 0 Å². The molecule has 0 amide bonds. The number of carbonyl (C=O) groups is 1. The van der Waals surface area contributed by atoms with E-state index in [0.717, 1.165) is 0 Å². The third-order valence-electron chi connectivity index (χ3n) is 2.96. The Morgan fingerprint density at radius 3 is 1.96 bits per heavy atom. The Labute approximate surface area is 137 Å². The molecule has 0 N–H and O–H groups in total. The summed E-state index contributed by atoms with van der Waals surface area (Å²) in [6.45, 7) is -2.77. The van der Waals surface area contributed by atoms with Gasteiger partial charge in [-0.3, -0.25) is 0 Å². The SMILES string of the molecule is O=C(OCC(F)(F)C(F)(F)C(F)(F)C(F)F)c1cccc(C(F)(F)F)c1. The molecule has 2 nitrogen and oxygen atoms in total. The fourth-order valence-corrected chi connectivity index (χ4v) is 1.53. The van der Waals surface area contributed by atoms with E-state index >= 15 is 0 Å². The number of benzene rings is 1. The second kappa shape index (κ2) is 6.91. The lowest BCUT2D eigenvalue weighted by Crippen LogP contribution is -2.59. The lowest BCUT2D eigenvalue weighted by atomic mass is 10.1. The van der Waals surface area contributed by atoms with Crippen molar-refractivity contribution in [3.63, 3.8) is 0 Å². The van der Waals surface area contributed by atoms with Gasteiger partial charge in [-0.05, 0) is 18.2 Å². The van der Waals surface area contributed by atoms with Gasteiger partial charge in [0.05, 0.1) is 11.1 Å². The van der Waals surface area contributed by atoms with Gasteiger partial charge >= 0.3 is 36.3 Å². The Bertz CT molecular complexity index is 652. The van der Waals surface area contributed by atoms with Gasteiger partial charge in [0.15, 0.2) is 6.61 Å². The number of carbonyl (C=O) groups excluding carboxylic acids is 1. The van der Waals surface area contributed by atoms with Crippen LogP contribution >= 0.6 is 0 Å². The van der Waals surface area contributed by atoms with Crippen molar-refractivity contribution in [2.45, 2.75) is 30.4 Å². The summed E-state index contributed by atoms with van der Waals surface area (Å²) in [5, 5.41) is 0. The number of rotatable bonds is 6. The molecule has 0 heterocycles. The lowest BCUT2D eigenvalue weighted by molar-refractivity contribution is -0.343. The van der Waals surface area contributed by atoms with Crippen molar-refractivity contribution in [2.24, 2.45) is 0 Å². The van der Waals surface area contributed by atoms with E-state index in [9.17, 15) is 53.1 Å². The summed E-state index contributed by atoms with van der Waals surface area (Å²) in [6, 6.07) is 1.92. The predicted octanol–water partition coefficient (Wildman–Crippen LogP) is 5.03. The third kappa shape index (κ3) is 4.18. The first-order chi connectivity index (χ1) is 11.5. The van der Waals surface area contributed by atoms with Crippen LogP contribution in [0.4, 0.5) is 48.3 Å². The minimum atomic E-state index is -6.59. The molecule has 0 bridgehead atoms. The van der Waals surface area contributed by atoms with Crippen molar-refractivity contribution in [3.05, 3.63) is 35.4 Å². The van der Waals surface area contributed by atoms with Gasteiger partial charge in [-0.2, -0.15) is 39.5 Å². The van der Waals surface area contributed by atoms with Crippen molar-refractivity contribution in [2.75, 3.05) is 6.61 Å². The molecule has 0 aliphatic rings. The molecule has 0 saturated carbocycles. The highest BCUT2D eigenvalue weighted by molar-refractivity contribution is 5.89. The average Bonchev–Trinajstić information content (AvgIpc) is 2.51. The van der Waals surface area contributed by atoms with E-state index in [4.69, 9.17) is 0 Å². The standard InChI is InChI=1S/C13H7F11O2/c14-9(15)11(18,19)13(23,24)10(16,17)5-26-8(25)6-2-1-3-7(4-6)12(20,21)22/h1-4,9H,5H2. The zero-order valence-corrected chi connectivity index (χ0v) is 12.1. The molecule has 0 saturated heterocycles. The van der Waals surface area contributed by atoms with Crippen molar-refractivity contribution >= 4 is 5.97 Å². The second-order valence-electron chi connectivity index (χ2n) is 4.86. The van der Waals surface area contributed by atoms with E-state index in [0.29, 0.717) is 18.2 Å². The Morgan fingerprint density at radius 1 is 0.962 bits per heavy atom. The second-order valence-corrected chi connectivity index (χ2v) is 4.86. The molecule has 0 unspecified atom stereocenters. The number of esters is 1. The van der Waals surface area contributed by atoms with Crippen LogP contribution in [0.2, 0.25) is 0 Å². The Hall–Kier alpha value is -2.08. The molecule has 1 aromatic carbocycles. The average molecular weight is 404 g/mol. The molecule has 0 spiro atoms. The van der Waals surface area contributed by atoms with E-state index < -0.39 is 54.1 Å². The van der Waals surface area contributed by atoms with Gasteiger partial charge in [-0.25, -0.2) is 13.6 Å². The van der Waals surface area contributed by atoms with Crippen molar-refractivity contribution in [3.8, 4) is 0 Å². The smallest absolute Gasteiger partial charge is 0.416 e. The molecule has 1 rings (SSSR count). The summed E-state index contributed by atoms with van der Waals surface area (Å²) in [6.07, 6.45) is -10.1. The molecule has 26 heavy (non-hydrogen) atoms. The van der Waals surface area contributed by atoms with E-state index in [-0.39, 0.29) is 6.07 Å². The van der Waals surface area contributed by atoms with E-state index in [1.54, 1.807) is 0 Å². The minimum Gasteiger partial charge on any atom is -0.455 e. The first-order valence-electron chi connectivity index (χ1n) is 6.30. The predicted molar refractivity (Wildman–Crippen MR) is 62.6 cm³/mol.